The van der Waals surface area contributed by atoms with E-state index in [2.05, 4.69) is 28.5 Å². The third-order valence-corrected chi connectivity index (χ3v) is 5.59. The molecule has 0 saturated carbocycles. The van der Waals surface area contributed by atoms with Crippen molar-refractivity contribution in [2.75, 3.05) is 11.9 Å². The molecule has 1 aliphatic heterocycles. The van der Waals surface area contributed by atoms with Crippen molar-refractivity contribution in [1.82, 2.24) is 9.88 Å². The molecule has 0 radical (unpaired) electrons. The highest BCUT2D eigenvalue weighted by molar-refractivity contribution is 7.15. The Morgan fingerprint density at radius 1 is 1.19 bits per heavy atom. The molecule has 0 fully saturated rings. The standard InChI is InChI=1S/C20H19N3O2S/c1-13(24)21-20-22-17-9-10-23(12-18(17)26-20)19(25)11-15-7-4-6-14-5-2-3-8-16(14)15/h2-8H,9-12H2,1H3,(H,21,22,24). The highest BCUT2D eigenvalue weighted by Crippen LogP contribution is 2.29. The van der Waals surface area contributed by atoms with Crippen LogP contribution in [0.25, 0.3) is 10.8 Å². The van der Waals surface area contributed by atoms with Gasteiger partial charge in [0.2, 0.25) is 11.8 Å². The minimum absolute atomic E-state index is 0.125. The number of anilines is 1. The lowest BCUT2D eigenvalue weighted by Gasteiger charge is -2.26. The van der Waals surface area contributed by atoms with Gasteiger partial charge in [0.25, 0.3) is 0 Å². The van der Waals surface area contributed by atoms with E-state index in [-0.39, 0.29) is 11.8 Å². The Morgan fingerprint density at radius 2 is 2.00 bits per heavy atom. The number of benzene rings is 2. The second kappa shape index (κ2) is 6.88. The van der Waals surface area contributed by atoms with Crippen molar-refractivity contribution in [3.05, 3.63) is 58.6 Å². The Morgan fingerprint density at radius 3 is 2.85 bits per heavy atom. The smallest absolute Gasteiger partial charge is 0.227 e. The molecule has 2 amide bonds. The summed E-state index contributed by atoms with van der Waals surface area (Å²) in [4.78, 5) is 31.5. The number of amides is 2. The maximum absolute atomic E-state index is 12.8. The molecule has 26 heavy (non-hydrogen) atoms. The summed E-state index contributed by atoms with van der Waals surface area (Å²) in [5.74, 6) is 0.00136. The molecule has 0 spiro atoms. The zero-order valence-corrected chi connectivity index (χ0v) is 15.3. The van der Waals surface area contributed by atoms with Crippen LogP contribution in [0.5, 0.6) is 0 Å². The second-order valence-electron chi connectivity index (χ2n) is 6.45. The maximum Gasteiger partial charge on any atom is 0.227 e. The molecule has 1 aliphatic rings. The first-order chi connectivity index (χ1) is 12.6. The minimum Gasteiger partial charge on any atom is -0.337 e. The van der Waals surface area contributed by atoms with Gasteiger partial charge in [0, 0.05) is 24.8 Å². The van der Waals surface area contributed by atoms with E-state index in [4.69, 9.17) is 0 Å². The van der Waals surface area contributed by atoms with E-state index in [0.29, 0.717) is 24.6 Å². The van der Waals surface area contributed by atoms with Crippen molar-refractivity contribution in [3.63, 3.8) is 0 Å². The number of nitrogens with zero attached hydrogens (tertiary/aromatic N) is 2. The normalized spacial score (nSPS) is 13.5. The number of thiazole rings is 1. The van der Waals surface area contributed by atoms with Gasteiger partial charge in [-0.2, -0.15) is 0 Å². The van der Waals surface area contributed by atoms with Gasteiger partial charge in [0.1, 0.15) is 0 Å². The maximum atomic E-state index is 12.8. The molecule has 0 bridgehead atoms. The summed E-state index contributed by atoms with van der Waals surface area (Å²) >= 11 is 1.46. The van der Waals surface area contributed by atoms with Crippen LogP contribution < -0.4 is 5.32 Å². The Labute approximate surface area is 155 Å². The number of nitrogens with one attached hydrogen (secondary N) is 1. The zero-order valence-electron chi connectivity index (χ0n) is 14.5. The topological polar surface area (TPSA) is 62.3 Å². The van der Waals surface area contributed by atoms with Crippen LogP contribution in [0.3, 0.4) is 0 Å². The van der Waals surface area contributed by atoms with Crippen molar-refractivity contribution in [3.8, 4) is 0 Å². The van der Waals surface area contributed by atoms with E-state index >= 15 is 0 Å². The molecular weight excluding hydrogens is 346 g/mol. The molecule has 2 aromatic carbocycles. The molecule has 3 aromatic rings. The van der Waals surface area contributed by atoms with Crippen LogP contribution in [0.1, 0.15) is 23.1 Å². The van der Waals surface area contributed by atoms with Gasteiger partial charge in [-0.15, -0.1) is 0 Å². The van der Waals surface area contributed by atoms with Crippen LogP contribution in [0.15, 0.2) is 42.5 Å². The van der Waals surface area contributed by atoms with Gasteiger partial charge in [0.15, 0.2) is 5.13 Å². The van der Waals surface area contributed by atoms with Crippen LogP contribution in [0, 0.1) is 0 Å². The molecule has 0 atom stereocenters. The van der Waals surface area contributed by atoms with E-state index in [1.807, 2.05) is 29.2 Å². The molecule has 2 heterocycles. The monoisotopic (exact) mass is 365 g/mol. The number of hydrogen-bond acceptors (Lipinski definition) is 4. The number of carbonyl (C=O) groups is 2. The van der Waals surface area contributed by atoms with Crippen molar-refractivity contribution in [2.24, 2.45) is 0 Å². The molecule has 6 heteroatoms. The van der Waals surface area contributed by atoms with Gasteiger partial charge in [-0.3, -0.25) is 9.59 Å². The van der Waals surface area contributed by atoms with E-state index in [1.54, 1.807) is 0 Å². The zero-order chi connectivity index (χ0) is 18.1. The number of carbonyl (C=O) groups excluding carboxylic acids is 2. The highest BCUT2D eigenvalue weighted by Gasteiger charge is 2.24. The fraction of sp³-hybridized carbons (Fsp3) is 0.250. The summed E-state index contributed by atoms with van der Waals surface area (Å²) in [5, 5.41) is 5.63. The lowest BCUT2D eigenvalue weighted by Crippen LogP contribution is -2.36. The third-order valence-electron chi connectivity index (χ3n) is 4.59. The summed E-state index contributed by atoms with van der Waals surface area (Å²) in [5.41, 5.74) is 2.05. The van der Waals surface area contributed by atoms with E-state index in [0.717, 1.165) is 33.3 Å². The highest BCUT2D eigenvalue weighted by atomic mass is 32.1. The van der Waals surface area contributed by atoms with E-state index in [1.165, 1.54) is 18.3 Å². The number of aromatic nitrogens is 1. The predicted octanol–water partition coefficient (Wildman–Crippen LogP) is 3.38. The van der Waals surface area contributed by atoms with Gasteiger partial charge in [-0.1, -0.05) is 53.8 Å². The molecule has 0 aliphatic carbocycles. The predicted molar refractivity (Wildman–Crippen MR) is 103 cm³/mol. The molecule has 0 saturated heterocycles. The first kappa shape index (κ1) is 16.7. The summed E-state index contributed by atoms with van der Waals surface area (Å²) in [6.45, 7) is 2.70. The molecule has 5 nitrogen and oxygen atoms in total. The summed E-state index contributed by atoms with van der Waals surface area (Å²) in [7, 11) is 0. The third kappa shape index (κ3) is 3.32. The Bertz CT molecular complexity index is 990. The number of fused-ring (bicyclic) bond motifs is 2. The van der Waals surface area contributed by atoms with Gasteiger partial charge in [-0.05, 0) is 16.3 Å². The lowest BCUT2D eigenvalue weighted by atomic mass is 10.0. The van der Waals surface area contributed by atoms with Crippen molar-refractivity contribution >= 4 is 39.1 Å². The average Bonchev–Trinajstić information content (AvgIpc) is 3.02. The molecular formula is C20H19N3O2S. The molecule has 132 valence electrons. The SMILES string of the molecule is CC(=O)Nc1nc2c(s1)CN(C(=O)Cc1cccc3ccccc13)CC2. The van der Waals surface area contributed by atoms with Gasteiger partial charge in [0.05, 0.1) is 18.7 Å². The van der Waals surface area contributed by atoms with E-state index in [9.17, 15) is 9.59 Å². The van der Waals surface area contributed by atoms with Crippen LogP contribution in [0.4, 0.5) is 5.13 Å². The van der Waals surface area contributed by atoms with Crippen LogP contribution in [0.2, 0.25) is 0 Å². The first-order valence-electron chi connectivity index (χ1n) is 8.61. The molecule has 0 unspecified atom stereocenters. The Kier molecular flexibility index (Phi) is 4.42. The lowest BCUT2D eigenvalue weighted by molar-refractivity contribution is -0.131. The second-order valence-corrected chi connectivity index (χ2v) is 7.53. The van der Waals surface area contributed by atoms with Crippen LogP contribution >= 0.6 is 11.3 Å². The molecule has 1 N–H and O–H groups in total. The van der Waals surface area contributed by atoms with Crippen molar-refractivity contribution in [2.45, 2.75) is 26.3 Å². The quantitative estimate of drug-likeness (QED) is 0.774. The van der Waals surface area contributed by atoms with Gasteiger partial charge in [-0.25, -0.2) is 4.98 Å². The fourth-order valence-corrected chi connectivity index (χ4v) is 4.40. The Balaban J connectivity index is 1.51. The Hall–Kier alpha value is -2.73. The van der Waals surface area contributed by atoms with Crippen molar-refractivity contribution < 1.29 is 9.59 Å². The largest absolute Gasteiger partial charge is 0.337 e. The summed E-state index contributed by atoms with van der Waals surface area (Å²) in [6, 6.07) is 14.2. The first-order valence-corrected chi connectivity index (χ1v) is 9.42. The molecule has 1 aromatic heterocycles. The summed E-state index contributed by atoms with van der Waals surface area (Å²) < 4.78 is 0. The fourth-order valence-electron chi connectivity index (χ4n) is 3.33. The summed E-state index contributed by atoms with van der Waals surface area (Å²) in [6.07, 6.45) is 1.13. The van der Waals surface area contributed by atoms with Gasteiger partial charge < -0.3 is 10.2 Å². The number of hydrogen-bond donors (Lipinski definition) is 1. The van der Waals surface area contributed by atoms with Gasteiger partial charge >= 0.3 is 0 Å². The number of rotatable bonds is 3. The van der Waals surface area contributed by atoms with Crippen molar-refractivity contribution in [1.29, 1.82) is 0 Å². The van der Waals surface area contributed by atoms with Crippen LogP contribution in [-0.2, 0) is 29.0 Å². The molecule has 4 rings (SSSR count). The average molecular weight is 365 g/mol. The van der Waals surface area contributed by atoms with E-state index < -0.39 is 0 Å². The minimum atomic E-state index is -0.125. The van der Waals surface area contributed by atoms with Crippen LogP contribution in [-0.4, -0.2) is 28.2 Å².